The Hall–Kier alpha value is -1.44. The highest BCUT2D eigenvalue weighted by molar-refractivity contribution is 5.86. The first-order valence-corrected chi connectivity index (χ1v) is 5.63. The van der Waals surface area contributed by atoms with E-state index in [1.165, 1.54) is 16.5 Å². The molecule has 2 heteroatoms. The van der Waals surface area contributed by atoms with Crippen molar-refractivity contribution in [1.82, 2.24) is 4.57 Å². The Morgan fingerprint density at radius 1 is 1.33 bits per heavy atom. The largest absolute Gasteiger partial charge is 0.493 e. The lowest BCUT2D eigenvalue weighted by atomic mass is 10.0. The van der Waals surface area contributed by atoms with Crippen molar-refractivity contribution in [2.75, 3.05) is 6.61 Å². The second kappa shape index (κ2) is 3.30. The fourth-order valence-electron chi connectivity index (χ4n) is 2.41. The average molecular weight is 201 g/mol. The molecular formula is C13H15NO. The molecule has 1 aliphatic rings. The van der Waals surface area contributed by atoms with Gasteiger partial charge in [-0.1, -0.05) is 0 Å². The molecular weight excluding hydrogens is 186 g/mol. The van der Waals surface area contributed by atoms with Crippen molar-refractivity contribution in [2.45, 2.75) is 26.3 Å². The van der Waals surface area contributed by atoms with Crippen LogP contribution in [0.1, 0.15) is 18.9 Å². The highest BCUT2D eigenvalue weighted by Crippen LogP contribution is 2.32. The molecule has 1 aliphatic heterocycles. The zero-order chi connectivity index (χ0) is 10.3. The number of benzene rings is 1. The Kier molecular flexibility index (Phi) is 1.94. The molecule has 2 heterocycles. The minimum atomic E-state index is 0.868. The molecule has 1 aromatic heterocycles. The van der Waals surface area contributed by atoms with Gasteiger partial charge in [0.2, 0.25) is 0 Å². The summed E-state index contributed by atoms with van der Waals surface area (Å²) in [6.07, 6.45) is 4.46. The molecule has 0 spiro atoms. The molecule has 2 nitrogen and oxygen atoms in total. The van der Waals surface area contributed by atoms with Crippen LogP contribution in [0.4, 0.5) is 0 Å². The first-order chi connectivity index (χ1) is 7.40. The van der Waals surface area contributed by atoms with E-state index >= 15 is 0 Å². The predicted molar refractivity (Wildman–Crippen MR) is 61.4 cm³/mol. The third-order valence-corrected chi connectivity index (χ3v) is 3.19. The van der Waals surface area contributed by atoms with E-state index in [2.05, 4.69) is 35.9 Å². The van der Waals surface area contributed by atoms with Gasteiger partial charge in [0.15, 0.2) is 0 Å². The van der Waals surface area contributed by atoms with Crippen molar-refractivity contribution in [3.63, 3.8) is 0 Å². The average Bonchev–Trinajstić information content (AvgIpc) is 2.72. The van der Waals surface area contributed by atoms with E-state index < -0.39 is 0 Å². The van der Waals surface area contributed by atoms with Gasteiger partial charge in [-0.2, -0.15) is 0 Å². The van der Waals surface area contributed by atoms with Crippen molar-refractivity contribution < 1.29 is 4.74 Å². The minimum Gasteiger partial charge on any atom is -0.493 e. The standard InChI is InChI=1S/C13H15NO/c1-2-14-8-7-10-11-4-3-9-15-13(11)6-5-12(10)14/h5-8H,2-4,9H2,1H3. The van der Waals surface area contributed by atoms with Gasteiger partial charge in [-0.05, 0) is 38.0 Å². The fraction of sp³-hybridized carbons (Fsp3) is 0.385. The lowest BCUT2D eigenvalue weighted by Crippen LogP contribution is -2.08. The van der Waals surface area contributed by atoms with Gasteiger partial charge in [-0.15, -0.1) is 0 Å². The summed E-state index contributed by atoms with van der Waals surface area (Å²) in [5.74, 6) is 1.09. The highest BCUT2D eigenvalue weighted by atomic mass is 16.5. The first kappa shape index (κ1) is 8.84. The van der Waals surface area contributed by atoms with Crippen molar-refractivity contribution >= 4 is 10.9 Å². The highest BCUT2D eigenvalue weighted by Gasteiger charge is 2.14. The van der Waals surface area contributed by atoms with Gasteiger partial charge in [0.25, 0.3) is 0 Å². The van der Waals surface area contributed by atoms with Crippen molar-refractivity contribution in [3.8, 4) is 5.75 Å². The second-order valence-electron chi connectivity index (χ2n) is 4.03. The van der Waals surface area contributed by atoms with Crippen molar-refractivity contribution in [2.24, 2.45) is 0 Å². The van der Waals surface area contributed by atoms with Gasteiger partial charge in [0, 0.05) is 29.2 Å². The molecule has 78 valence electrons. The number of aromatic nitrogens is 1. The zero-order valence-corrected chi connectivity index (χ0v) is 8.99. The lowest BCUT2D eigenvalue weighted by Gasteiger charge is -2.18. The number of fused-ring (bicyclic) bond motifs is 3. The molecule has 0 N–H and O–H groups in total. The summed E-state index contributed by atoms with van der Waals surface area (Å²) in [4.78, 5) is 0. The van der Waals surface area contributed by atoms with Crippen LogP contribution in [0.3, 0.4) is 0 Å². The molecule has 0 saturated carbocycles. The summed E-state index contributed by atoms with van der Waals surface area (Å²) in [7, 11) is 0. The summed E-state index contributed by atoms with van der Waals surface area (Å²) in [6.45, 7) is 4.07. The Morgan fingerprint density at radius 2 is 2.27 bits per heavy atom. The Bertz CT molecular complexity index is 498. The van der Waals surface area contributed by atoms with E-state index in [0.29, 0.717) is 0 Å². The molecule has 0 radical (unpaired) electrons. The minimum absolute atomic E-state index is 0.868. The number of nitrogens with zero attached hydrogens (tertiary/aromatic N) is 1. The predicted octanol–water partition coefficient (Wildman–Crippen LogP) is 2.99. The van der Waals surface area contributed by atoms with Crippen LogP contribution in [0.2, 0.25) is 0 Å². The molecule has 0 amide bonds. The zero-order valence-electron chi connectivity index (χ0n) is 8.99. The third kappa shape index (κ3) is 1.24. The molecule has 0 saturated heterocycles. The molecule has 15 heavy (non-hydrogen) atoms. The van der Waals surface area contributed by atoms with E-state index in [1.54, 1.807) is 0 Å². The summed E-state index contributed by atoms with van der Waals surface area (Å²) >= 11 is 0. The normalized spacial score (nSPS) is 15.0. The van der Waals surface area contributed by atoms with Crippen LogP contribution in [0.5, 0.6) is 5.75 Å². The van der Waals surface area contributed by atoms with Crippen LogP contribution in [0, 0.1) is 0 Å². The van der Waals surface area contributed by atoms with Crippen molar-refractivity contribution in [3.05, 3.63) is 30.0 Å². The molecule has 1 aromatic carbocycles. The molecule has 0 fully saturated rings. The van der Waals surface area contributed by atoms with E-state index in [1.807, 2.05) is 0 Å². The van der Waals surface area contributed by atoms with Crippen LogP contribution in [0.15, 0.2) is 24.4 Å². The maximum absolute atomic E-state index is 5.67. The van der Waals surface area contributed by atoms with E-state index in [4.69, 9.17) is 4.74 Å². The van der Waals surface area contributed by atoms with E-state index in [-0.39, 0.29) is 0 Å². The summed E-state index contributed by atoms with van der Waals surface area (Å²) < 4.78 is 7.95. The van der Waals surface area contributed by atoms with Gasteiger partial charge < -0.3 is 9.30 Å². The number of hydrogen-bond acceptors (Lipinski definition) is 1. The molecule has 0 unspecified atom stereocenters. The fourth-order valence-corrected chi connectivity index (χ4v) is 2.41. The SMILES string of the molecule is CCn1ccc2c3c(ccc21)OCCC3. The number of hydrogen-bond donors (Lipinski definition) is 0. The van der Waals surface area contributed by atoms with Crippen LogP contribution < -0.4 is 4.74 Å². The Balaban J connectivity index is 2.28. The molecule has 2 aromatic rings. The number of rotatable bonds is 1. The maximum Gasteiger partial charge on any atom is 0.123 e. The first-order valence-electron chi connectivity index (χ1n) is 5.63. The monoisotopic (exact) mass is 201 g/mol. The second-order valence-corrected chi connectivity index (χ2v) is 4.03. The summed E-state index contributed by atoms with van der Waals surface area (Å²) in [5.41, 5.74) is 2.73. The van der Waals surface area contributed by atoms with Gasteiger partial charge in [0.05, 0.1) is 6.61 Å². The third-order valence-electron chi connectivity index (χ3n) is 3.19. The lowest BCUT2D eigenvalue weighted by molar-refractivity contribution is 0.289. The Labute approximate surface area is 89.5 Å². The van der Waals surface area contributed by atoms with E-state index in [9.17, 15) is 0 Å². The van der Waals surface area contributed by atoms with E-state index in [0.717, 1.165) is 31.7 Å². The van der Waals surface area contributed by atoms with Crippen LogP contribution in [-0.2, 0) is 13.0 Å². The number of ether oxygens (including phenoxy) is 1. The molecule has 0 aliphatic carbocycles. The molecule has 0 atom stereocenters. The van der Waals surface area contributed by atoms with Gasteiger partial charge >= 0.3 is 0 Å². The van der Waals surface area contributed by atoms with Gasteiger partial charge in [0.1, 0.15) is 5.75 Å². The van der Waals surface area contributed by atoms with Crippen molar-refractivity contribution in [1.29, 1.82) is 0 Å². The van der Waals surface area contributed by atoms with Crippen LogP contribution >= 0.6 is 0 Å². The summed E-state index contributed by atoms with van der Waals surface area (Å²) in [6, 6.07) is 6.50. The number of aryl methyl sites for hydroxylation is 2. The Morgan fingerprint density at radius 3 is 3.13 bits per heavy atom. The molecule has 3 rings (SSSR count). The summed E-state index contributed by atoms with van der Waals surface area (Å²) in [5, 5.41) is 1.37. The topological polar surface area (TPSA) is 14.2 Å². The van der Waals surface area contributed by atoms with Crippen LogP contribution in [-0.4, -0.2) is 11.2 Å². The van der Waals surface area contributed by atoms with Crippen LogP contribution in [0.25, 0.3) is 10.9 Å². The van der Waals surface area contributed by atoms with Gasteiger partial charge in [-0.25, -0.2) is 0 Å². The molecule has 0 bridgehead atoms. The quantitative estimate of drug-likeness (QED) is 0.691. The smallest absolute Gasteiger partial charge is 0.123 e. The maximum atomic E-state index is 5.67. The van der Waals surface area contributed by atoms with Gasteiger partial charge in [-0.3, -0.25) is 0 Å².